The van der Waals surface area contributed by atoms with Gasteiger partial charge in [0.15, 0.2) is 0 Å². The molecule has 0 N–H and O–H groups in total. The molecule has 17 heavy (non-hydrogen) atoms. The smallest absolute Gasteiger partial charge is 0.320 e. The number of hydrogen-bond acceptors (Lipinski definition) is 4. The number of rotatable bonds is 6. The van der Waals surface area contributed by atoms with E-state index in [9.17, 15) is 9.59 Å². The van der Waals surface area contributed by atoms with E-state index in [-0.39, 0.29) is 24.5 Å². The molecule has 0 radical (unpaired) electrons. The van der Waals surface area contributed by atoms with Gasteiger partial charge in [0.2, 0.25) is 5.91 Å². The third-order valence-corrected chi connectivity index (χ3v) is 2.84. The Bertz CT molecular complexity index is 304. The lowest BCUT2D eigenvalue weighted by molar-refractivity contribution is -0.145. The summed E-state index contributed by atoms with van der Waals surface area (Å²) in [7, 11) is 1.78. The van der Waals surface area contributed by atoms with Crippen molar-refractivity contribution >= 4 is 11.9 Å². The summed E-state index contributed by atoms with van der Waals surface area (Å²) in [6.07, 6.45) is 2.45. The number of hydrogen-bond donors (Lipinski definition) is 0. The molecule has 1 saturated heterocycles. The number of carbonyl (C=O) groups is 2. The van der Waals surface area contributed by atoms with Crippen LogP contribution in [-0.2, 0) is 14.3 Å². The van der Waals surface area contributed by atoms with Gasteiger partial charge in [0.05, 0.1) is 19.2 Å². The molecule has 0 aromatic carbocycles. The maximum absolute atomic E-state index is 11.9. The van der Waals surface area contributed by atoms with Gasteiger partial charge in [0.1, 0.15) is 0 Å². The Balaban J connectivity index is 2.62. The van der Waals surface area contributed by atoms with Crippen LogP contribution in [0.3, 0.4) is 0 Å². The minimum Gasteiger partial charge on any atom is -0.465 e. The van der Waals surface area contributed by atoms with Crippen LogP contribution in [0.1, 0.15) is 13.3 Å². The van der Waals surface area contributed by atoms with E-state index < -0.39 is 0 Å². The molecule has 1 unspecified atom stereocenters. The number of ether oxygens (including phenoxy) is 1. The zero-order valence-corrected chi connectivity index (χ0v) is 10.5. The first-order chi connectivity index (χ1) is 8.10. The first-order valence-corrected chi connectivity index (χ1v) is 5.85. The Hall–Kier alpha value is -1.36. The maximum atomic E-state index is 11.9. The summed E-state index contributed by atoms with van der Waals surface area (Å²) in [5.41, 5.74) is 0. The van der Waals surface area contributed by atoms with E-state index in [1.54, 1.807) is 24.9 Å². The number of esters is 1. The second kappa shape index (κ2) is 6.39. The zero-order valence-electron chi connectivity index (χ0n) is 10.5. The first-order valence-electron chi connectivity index (χ1n) is 5.85. The predicted molar refractivity (Wildman–Crippen MR) is 64.4 cm³/mol. The molecule has 5 heteroatoms. The van der Waals surface area contributed by atoms with E-state index >= 15 is 0 Å². The number of amides is 1. The summed E-state index contributed by atoms with van der Waals surface area (Å²) in [6, 6.07) is -0.220. The molecule has 1 atom stereocenters. The standard InChI is InChI=1S/C12H20N2O3/c1-4-7-14(9-11(15)17-5-2)10-6-8-13(3)12(10)16/h4,10H,1,5-9H2,2-3H3. The second-order valence-corrected chi connectivity index (χ2v) is 4.09. The van der Waals surface area contributed by atoms with Crippen molar-refractivity contribution in [1.82, 2.24) is 9.80 Å². The van der Waals surface area contributed by atoms with Gasteiger partial charge in [0, 0.05) is 20.1 Å². The number of carbonyl (C=O) groups excluding carboxylic acids is 2. The molecule has 0 spiro atoms. The van der Waals surface area contributed by atoms with Crippen molar-refractivity contribution in [2.45, 2.75) is 19.4 Å². The van der Waals surface area contributed by atoms with Crippen molar-refractivity contribution < 1.29 is 14.3 Å². The van der Waals surface area contributed by atoms with E-state index in [0.717, 1.165) is 13.0 Å². The normalized spacial score (nSPS) is 19.8. The van der Waals surface area contributed by atoms with E-state index in [1.165, 1.54) is 0 Å². The van der Waals surface area contributed by atoms with E-state index in [4.69, 9.17) is 4.74 Å². The van der Waals surface area contributed by atoms with E-state index in [2.05, 4.69) is 6.58 Å². The SMILES string of the molecule is C=CCN(CC(=O)OCC)C1CCN(C)C1=O. The third kappa shape index (κ3) is 3.56. The van der Waals surface area contributed by atoms with Gasteiger partial charge in [-0.1, -0.05) is 6.08 Å². The molecule has 0 aliphatic carbocycles. The van der Waals surface area contributed by atoms with Crippen molar-refractivity contribution in [1.29, 1.82) is 0 Å². The van der Waals surface area contributed by atoms with Gasteiger partial charge in [-0.05, 0) is 13.3 Å². The molecule has 0 aromatic rings. The van der Waals surface area contributed by atoms with E-state index in [1.807, 2.05) is 4.90 Å². The molecule has 1 aliphatic rings. The molecule has 1 heterocycles. The van der Waals surface area contributed by atoms with Crippen LogP contribution in [0.2, 0.25) is 0 Å². The molecule has 5 nitrogen and oxygen atoms in total. The van der Waals surface area contributed by atoms with Crippen molar-refractivity contribution in [2.24, 2.45) is 0 Å². The lowest BCUT2D eigenvalue weighted by Crippen LogP contribution is -2.44. The summed E-state index contributed by atoms with van der Waals surface area (Å²) in [6.45, 7) is 7.17. The molecular formula is C12H20N2O3. The minimum atomic E-state index is -0.295. The fourth-order valence-corrected chi connectivity index (χ4v) is 1.98. The Labute approximate surface area is 102 Å². The number of likely N-dealkylation sites (tertiary alicyclic amines) is 1. The van der Waals surface area contributed by atoms with Gasteiger partial charge in [-0.25, -0.2) is 0 Å². The second-order valence-electron chi connectivity index (χ2n) is 4.09. The van der Waals surface area contributed by atoms with Crippen molar-refractivity contribution in [3.05, 3.63) is 12.7 Å². The molecule has 1 fully saturated rings. The number of nitrogens with zero attached hydrogens (tertiary/aromatic N) is 2. The Morgan fingerprint density at radius 2 is 2.41 bits per heavy atom. The highest BCUT2D eigenvalue weighted by Crippen LogP contribution is 2.15. The summed E-state index contributed by atoms with van der Waals surface area (Å²) in [5, 5.41) is 0. The molecule has 1 amide bonds. The third-order valence-electron chi connectivity index (χ3n) is 2.84. The molecule has 1 aliphatic heterocycles. The predicted octanol–water partition coefficient (Wildman–Crippen LogP) is 0.268. The van der Waals surface area contributed by atoms with Crippen molar-refractivity contribution in [3.8, 4) is 0 Å². The molecule has 0 aromatic heterocycles. The van der Waals surface area contributed by atoms with Crippen LogP contribution in [-0.4, -0.2) is 61.0 Å². The van der Waals surface area contributed by atoms with Crippen LogP contribution in [0, 0.1) is 0 Å². The molecule has 0 saturated carbocycles. The fourth-order valence-electron chi connectivity index (χ4n) is 1.98. The van der Waals surface area contributed by atoms with Gasteiger partial charge < -0.3 is 9.64 Å². The zero-order chi connectivity index (χ0) is 12.8. The average Bonchev–Trinajstić information content (AvgIpc) is 2.60. The highest BCUT2D eigenvalue weighted by molar-refractivity contribution is 5.84. The van der Waals surface area contributed by atoms with Crippen LogP contribution in [0.5, 0.6) is 0 Å². The van der Waals surface area contributed by atoms with E-state index in [0.29, 0.717) is 13.2 Å². The Morgan fingerprint density at radius 1 is 1.71 bits per heavy atom. The van der Waals surface area contributed by atoms with Crippen LogP contribution in [0.4, 0.5) is 0 Å². The van der Waals surface area contributed by atoms with Gasteiger partial charge in [0.25, 0.3) is 0 Å². The number of likely N-dealkylation sites (N-methyl/N-ethyl adjacent to an activating group) is 1. The van der Waals surface area contributed by atoms with Crippen LogP contribution in [0.15, 0.2) is 12.7 Å². The van der Waals surface area contributed by atoms with Gasteiger partial charge in [-0.15, -0.1) is 6.58 Å². The van der Waals surface area contributed by atoms with Crippen LogP contribution >= 0.6 is 0 Å². The Kier molecular flexibility index (Phi) is 5.15. The average molecular weight is 240 g/mol. The van der Waals surface area contributed by atoms with Gasteiger partial charge in [-0.2, -0.15) is 0 Å². The lowest BCUT2D eigenvalue weighted by atomic mass is 10.2. The van der Waals surface area contributed by atoms with Gasteiger partial charge >= 0.3 is 5.97 Å². The summed E-state index contributed by atoms with van der Waals surface area (Å²) in [4.78, 5) is 26.8. The molecule has 0 bridgehead atoms. The van der Waals surface area contributed by atoms with Gasteiger partial charge in [-0.3, -0.25) is 14.5 Å². The summed E-state index contributed by atoms with van der Waals surface area (Å²) < 4.78 is 4.90. The Morgan fingerprint density at radius 3 is 2.88 bits per heavy atom. The van der Waals surface area contributed by atoms with Crippen molar-refractivity contribution in [2.75, 3.05) is 33.3 Å². The quantitative estimate of drug-likeness (QED) is 0.494. The van der Waals surface area contributed by atoms with Crippen molar-refractivity contribution in [3.63, 3.8) is 0 Å². The van der Waals surface area contributed by atoms with Crippen LogP contribution in [0.25, 0.3) is 0 Å². The summed E-state index contributed by atoms with van der Waals surface area (Å²) in [5.74, 6) is -0.229. The summed E-state index contributed by atoms with van der Waals surface area (Å²) >= 11 is 0. The molecule has 1 rings (SSSR count). The highest BCUT2D eigenvalue weighted by atomic mass is 16.5. The fraction of sp³-hybridized carbons (Fsp3) is 0.667. The topological polar surface area (TPSA) is 49.9 Å². The lowest BCUT2D eigenvalue weighted by Gasteiger charge is -2.25. The maximum Gasteiger partial charge on any atom is 0.320 e. The minimum absolute atomic E-state index is 0.0659. The largest absolute Gasteiger partial charge is 0.465 e. The van der Waals surface area contributed by atoms with Crippen LogP contribution < -0.4 is 0 Å². The molecule has 96 valence electrons. The monoisotopic (exact) mass is 240 g/mol. The first kappa shape index (κ1) is 13.7. The highest BCUT2D eigenvalue weighted by Gasteiger charge is 2.34. The molecular weight excluding hydrogens is 220 g/mol.